The molecule has 0 saturated carbocycles. The Kier molecular flexibility index (Phi) is 3.84. The Balaban J connectivity index is 2.57. The van der Waals surface area contributed by atoms with Crippen molar-refractivity contribution >= 4 is 17.3 Å². The quantitative estimate of drug-likeness (QED) is 0.665. The van der Waals surface area contributed by atoms with E-state index in [0.717, 1.165) is 6.07 Å². The van der Waals surface area contributed by atoms with E-state index < -0.39 is 40.5 Å². The molecule has 0 bridgehead atoms. The van der Waals surface area contributed by atoms with Gasteiger partial charge >= 0.3 is 5.97 Å². The molecule has 0 saturated heterocycles. The number of carbonyl (C=O) groups is 1. The van der Waals surface area contributed by atoms with Gasteiger partial charge in [-0.15, -0.1) is 0 Å². The van der Waals surface area contributed by atoms with E-state index in [2.05, 4.69) is 5.32 Å². The van der Waals surface area contributed by atoms with Crippen molar-refractivity contribution in [3.63, 3.8) is 0 Å². The molecular formula is C14H9F4NO2. The number of aromatic carboxylic acids is 1. The first kappa shape index (κ1) is 14.8. The lowest BCUT2D eigenvalue weighted by Crippen LogP contribution is -2.09. The SMILES string of the molecule is Cc1ccc(Nc2c(C(=O)O)cc(F)c(F)c2F)c(F)c1. The first-order valence-electron chi connectivity index (χ1n) is 5.75. The third-order valence-electron chi connectivity index (χ3n) is 2.78. The van der Waals surface area contributed by atoms with Crippen molar-refractivity contribution in [2.45, 2.75) is 6.92 Å². The molecule has 0 amide bonds. The average Bonchev–Trinajstić information content (AvgIpc) is 2.41. The molecule has 7 heteroatoms. The van der Waals surface area contributed by atoms with Crippen molar-refractivity contribution in [3.8, 4) is 0 Å². The van der Waals surface area contributed by atoms with Crippen molar-refractivity contribution in [3.05, 3.63) is 58.7 Å². The third-order valence-corrected chi connectivity index (χ3v) is 2.78. The molecule has 0 heterocycles. The number of halogens is 4. The van der Waals surface area contributed by atoms with Crippen LogP contribution < -0.4 is 5.32 Å². The summed E-state index contributed by atoms with van der Waals surface area (Å²) in [6, 6.07) is 4.18. The monoisotopic (exact) mass is 299 g/mol. The Morgan fingerprint density at radius 3 is 2.29 bits per heavy atom. The molecule has 0 fully saturated rings. The summed E-state index contributed by atoms with van der Waals surface area (Å²) in [6.45, 7) is 1.62. The van der Waals surface area contributed by atoms with Gasteiger partial charge in [-0.25, -0.2) is 22.4 Å². The van der Waals surface area contributed by atoms with Gasteiger partial charge in [0.2, 0.25) is 0 Å². The maximum atomic E-state index is 13.7. The maximum absolute atomic E-state index is 13.7. The van der Waals surface area contributed by atoms with Gasteiger partial charge in [0.05, 0.1) is 16.9 Å². The fourth-order valence-electron chi connectivity index (χ4n) is 1.74. The Labute approximate surface area is 116 Å². The molecule has 2 aromatic carbocycles. The number of hydrogen-bond acceptors (Lipinski definition) is 2. The van der Waals surface area contributed by atoms with Crippen LogP contribution in [0.2, 0.25) is 0 Å². The maximum Gasteiger partial charge on any atom is 0.338 e. The second-order valence-corrected chi connectivity index (χ2v) is 4.32. The van der Waals surface area contributed by atoms with Crippen molar-refractivity contribution in [2.75, 3.05) is 5.32 Å². The minimum atomic E-state index is -1.84. The molecule has 2 N–H and O–H groups in total. The summed E-state index contributed by atoms with van der Waals surface area (Å²) in [5, 5.41) is 11.1. The summed E-state index contributed by atoms with van der Waals surface area (Å²) >= 11 is 0. The van der Waals surface area contributed by atoms with E-state index in [1.54, 1.807) is 6.92 Å². The highest BCUT2D eigenvalue weighted by atomic mass is 19.2. The van der Waals surface area contributed by atoms with E-state index >= 15 is 0 Å². The molecular weight excluding hydrogens is 290 g/mol. The van der Waals surface area contributed by atoms with Crippen LogP contribution in [-0.2, 0) is 0 Å². The predicted molar refractivity (Wildman–Crippen MR) is 67.7 cm³/mol. The molecule has 21 heavy (non-hydrogen) atoms. The fourth-order valence-corrected chi connectivity index (χ4v) is 1.74. The van der Waals surface area contributed by atoms with Gasteiger partial charge in [-0.05, 0) is 30.7 Å². The van der Waals surface area contributed by atoms with Crippen molar-refractivity contribution in [2.24, 2.45) is 0 Å². The number of anilines is 2. The van der Waals surface area contributed by atoms with Crippen molar-refractivity contribution < 1.29 is 27.5 Å². The van der Waals surface area contributed by atoms with E-state index in [1.807, 2.05) is 0 Å². The van der Waals surface area contributed by atoms with Gasteiger partial charge in [0.1, 0.15) is 5.82 Å². The van der Waals surface area contributed by atoms with Crippen LogP contribution in [0.3, 0.4) is 0 Å². The van der Waals surface area contributed by atoms with Gasteiger partial charge in [-0.1, -0.05) is 6.07 Å². The summed E-state index contributed by atoms with van der Waals surface area (Å²) in [7, 11) is 0. The zero-order valence-corrected chi connectivity index (χ0v) is 10.7. The van der Waals surface area contributed by atoms with Crippen LogP contribution in [0, 0.1) is 30.2 Å². The van der Waals surface area contributed by atoms with Gasteiger partial charge in [-0.2, -0.15) is 0 Å². The molecule has 2 aromatic rings. The standard InChI is InChI=1S/C14H9F4NO2/c1-6-2-3-10(8(15)4-6)19-13-7(14(20)21)5-9(16)11(17)12(13)18/h2-5,19H,1H3,(H,20,21). The molecule has 0 unspecified atom stereocenters. The molecule has 0 aliphatic carbocycles. The van der Waals surface area contributed by atoms with Crippen LogP contribution in [0.5, 0.6) is 0 Å². The fraction of sp³-hybridized carbons (Fsp3) is 0.0714. The van der Waals surface area contributed by atoms with Crippen LogP contribution in [0.25, 0.3) is 0 Å². The first-order valence-corrected chi connectivity index (χ1v) is 5.75. The molecule has 110 valence electrons. The van der Waals surface area contributed by atoms with E-state index in [0.29, 0.717) is 11.6 Å². The summed E-state index contributed by atoms with van der Waals surface area (Å²) in [6.07, 6.45) is 0. The molecule has 0 aliphatic heterocycles. The highest BCUT2D eigenvalue weighted by Gasteiger charge is 2.23. The molecule has 0 radical (unpaired) electrons. The van der Waals surface area contributed by atoms with Gasteiger partial charge in [-0.3, -0.25) is 0 Å². The lowest BCUT2D eigenvalue weighted by molar-refractivity contribution is 0.0696. The second-order valence-electron chi connectivity index (χ2n) is 4.32. The van der Waals surface area contributed by atoms with Gasteiger partial charge < -0.3 is 10.4 Å². The normalized spacial score (nSPS) is 10.5. The first-order chi connectivity index (χ1) is 9.81. The molecule has 2 rings (SSSR count). The van der Waals surface area contributed by atoms with Gasteiger partial charge in [0, 0.05) is 0 Å². The number of rotatable bonds is 3. The Bertz CT molecular complexity index is 731. The third kappa shape index (κ3) is 2.81. The number of hydrogen-bond donors (Lipinski definition) is 2. The Morgan fingerprint density at radius 2 is 1.71 bits per heavy atom. The highest BCUT2D eigenvalue weighted by molar-refractivity contribution is 5.95. The summed E-state index contributed by atoms with van der Waals surface area (Å²) in [5.74, 6) is -7.67. The molecule has 0 aromatic heterocycles. The van der Waals surface area contributed by atoms with E-state index in [4.69, 9.17) is 5.11 Å². The van der Waals surface area contributed by atoms with Crippen LogP contribution in [0.1, 0.15) is 15.9 Å². The highest BCUT2D eigenvalue weighted by Crippen LogP contribution is 2.29. The van der Waals surface area contributed by atoms with E-state index in [-0.39, 0.29) is 5.69 Å². The number of nitrogens with one attached hydrogen (secondary N) is 1. The molecule has 0 aliphatic rings. The summed E-state index contributed by atoms with van der Waals surface area (Å²) in [5.41, 5.74) is -1.36. The predicted octanol–water partition coefficient (Wildman–Crippen LogP) is 3.99. The van der Waals surface area contributed by atoms with Crippen molar-refractivity contribution in [1.82, 2.24) is 0 Å². The number of benzene rings is 2. The number of carboxylic acids is 1. The van der Waals surface area contributed by atoms with E-state index in [9.17, 15) is 22.4 Å². The van der Waals surface area contributed by atoms with Gasteiger partial charge in [0.15, 0.2) is 17.5 Å². The zero-order valence-electron chi connectivity index (χ0n) is 10.7. The summed E-state index contributed by atoms with van der Waals surface area (Å²) in [4.78, 5) is 11.0. The zero-order chi connectivity index (χ0) is 15.7. The average molecular weight is 299 g/mol. The van der Waals surface area contributed by atoms with Gasteiger partial charge in [0.25, 0.3) is 0 Å². The minimum Gasteiger partial charge on any atom is -0.478 e. The Hall–Kier alpha value is -2.57. The topological polar surface area (TPSA) is 49.3 Å². The largest absolute Gasteiger partial charge is 0.478 e. The minimum absolute atomic E-state index is 0.256. The second kappa shape index (κ2) is 5.43. The van der Waals surface area contributed by atoms with E-state index in [1.165, 1.54) is 12.1 Å². The number of carboxylic acid groups (broad SMARTS) is 1. The van der Waals surface area contributed by atoms with Crippen LogP contribution in [-0.4, -0.2) is 11.1 Å². The lowest BCUT2D eigenvalue weighted by Gasteiger charge is -2.12. The van der Waals surface area contributed by atoms with Crippen molar-refractivity contribution in [1.29, 1.82) is 0 Å². The summed E-state index contributed by atoms with van der Waals surface area (Å²) < 4.78 is 53.7. The molecule has 0 spiro atoms. The smallest absolute Gasteiger partial charge is 0.338 e. The molecule has 0 atom stereocenters. The van der Waals surface area contributed by atoms with Crippen LogP contribution in [0.4, 0.5) is 28.9 Å². The molecule has 3 nitrogen and oxygen atoms in total. The lowest BCUT2D eigenvalue weighted by atomic mass is 10.1. The Morgan fingerprint density at radius 1 is 1.05 bits per heavy atom. The number of aryl methyl sites for hydroxylation is 1. The van der Waals surface area contributed by atoms with Crippen LogP contribution >= 0.6 is 0 Å². The van der Waals surface area contributed by atoms with Crippen LogP contribution in [0.15, 0.2) is 24.3 Å².